The van der Waals surface area contributed by atoms with Crippen LogP contribution in [0.25, 0.3) is 0 Å². The van der Waals surface area contributed by atoms with Crippen LogP contribution in [-0.2, 0) is 0 Å². The topological polar surface area (TPSA) is 32.3 Å². The number of nitrogens with one attached hydrogen (secondary N) is 1. The maximum atomic E-state index is 12.3. The minimum absolute atomic E-state index is 0.252. The molecule has 22 heavy (non-hydrogen) atoms. The van der Waals surface area contributed by atoms with Gasteiger partial charge < -0.3 is 10.2 Å². The van der Waals surface area contributed by atoms with Gasteiger partial charge >= 0.3 is 0 Å². The lowest BCUT2D eigenvalue weighted by Crippen LogP contribution is -2.22. The molecule has 0 bridgehead atoms. The third-order valence-corrected chi connectivity index (χ3v) is 3.96. The van der Waals surface area contributed by atoms with Crippen molar-refractivity contribution in [3.63, 3.8) is 0 Å². The summed E-state index contributed by atoms with van der Waals surface area (Å²) in [5.74, 6) is -0.252. The summed E-state index contributed by atoms with van der Waals surface area (Å²) in [6.07, 6.45) is 0. The van der Waals surface area contributed by atoms with E-state index >= 15 is 0 Å². The highest BCUT2D eigenvalue weighted by molar-refractivity contribution is 6.37. The zero-order valence-electron chi connectivity index (χ0n) is 12.6. The van der Waals surface area contributed by atoms with Crippen LogP contribution < -0.4 is 10.2 Å². The lowest BCUT2D eigenvalue weighted by Gasteiger charge is -2.21. The minimum Gasteiger partial charge on any atom is -0.372 e. The van der Waals surface area contributed by atoms with E-state index in [4.69, 9.17) is 23.2 Å². The zero-order chi connectivity index (χ0) is 16.1. The van der Waals surface area contributed by atoms with Crippen molar-refractivity contribution >= 4 is 40.5 Å². The summed E-state index contributed by atoms with van der Waals surface area (Å²) in [5.41, 5.74) is 2.21. The van der Waals surface area contributed by atoms with Crippen LogP contribution in [0.1, 0.15) is 24.2 Å². The molecule has 0 heterocycles. The molecule has 0 saturated carbocycles. The molecule has 0 saturated heterocycles. The monoisotopic (exact) mass is 336 g/mol. The van der Waals surface area contributed by atoms with Crippen LogP contribution in [0.3, 0.4) is 0 Å². The number of carbonyl (C=O) groups excluding carboxylic acids is 1. The van der Waals surface area contributed by atoms with Crippen molar-refractivity contribution in [3.8, 4) is 0 Å². The highest BCUT2D eigenvalue weighted by atomic mass is 35.5. The first-order valence-electron chi connectivity index (χ1n) is 7.16. The number of hydrogen-bond acceptors (Lipinski definition) is 2. The molecule has 5 heteroatoms. The van der Waals surface area contributed by atoms with Gasteiger partial charge in [0.05, 0.1) is 10.6 Å². The molecule has 0 aliphatic carbocycles. The number of halogens is 2. The summed E-state index contributed by atoms with van der Waals surface area (Å²) < 4.78 is 0. The van der Waals surface area contributed by atoms with Gasteiger partial charge in [0, 0.05) is 29.5 Å². The molecule has 0 aliphatic rings. The molecule has 1 amide bonds. The highest BCUT2D eigenvalue weighted by Crippen LogP contribution is 2.23. The van der Waals surface area contributed by atoms with Crippen molar-refractivity contribution in [3.05, 3.63) is 58.1 Å². The Morgan fingerprint density at radius 2 is 1.82 bits per heavy atom. The second kappa shape index (κ2) is 7.52. The fourth-order valence-electron chi connectivity index (χ4n) is 2.24. The number of anilines is 2. The predicted octanol–water partition coefficient (Wildman–Crippen LogP) is 5.09. The lowest BCUT2D eigenvalue weighted by molar-refractivity contribution is 0.102. The molecular formula is C17H18Cl2N2O. The molecule has 2 rings (SSSR count). The normalized spacial score (nSPS) is 10.4. The number of nitrogens with zero attached hydrogens (tertiary/aromatic N) is 1. The number of carbonyl (C=O) groups is 1. The van der Waals surface area contributed by atoms with Crippen molar-refractivity contribution in [2.75, 3.05) is 23.3 Å². The quantitative estimate of drug-likeness (QED) is 0.824. The first-order chi connectivity index (χ1) is 10.5. The van der Waals surface area contributed by atoms with Gasteiger partial charge in [-0.25, -0.2) is 0 Å². The average Bonchev–Trinajstić information content (AvgIpc) is 2.48. The zero-order valence-corrected chi connectivity index (χ0v) is 14.1. The number of benzene rings is 2. The average molecular weight is 337 g/mol. The Balaban J connectivity index is 2.20. The molecule has 0 atom stereocenters. The van der Waals surface area contributed by atoms with Crippen LogP contribution in [0, 0.1) is 0 Å². The predicted molar refractivity (Wildman–Crippen MR) is 94.4 cm³/mol. The summed E-state index contributed by atoms with van der Waals surface area (Å²) in [6, 6.07) is 12.6. The van der Waals surface area contributed by atoms with E-state index in [1.165, 1.54) is 0 Å². The Bertz CT molecular complexity index is 669. The van der Waals surface area contributed by atoms with Crippen molar-refractivity contribution in [1.29, 1.82) is 0 Å². The van der Waals surface area contributed by atoms with E-state index in [0.29, 0.717) is 15.6 Å². The van der Waals surface area contributed by atoms with E-state index < -0.39 is 0 Å². The van der Waals surface area contributed by atoms with E-state index in [9.17, 15) is 4.79 Å². The van der Waals surface area contributed by atoms with Crippen molar-refractivity contribution in [2.45, 2.75) is 13.8 Å². The second-order valence-corrected chi connectivity index (χ2v) is 5.64. The molecule has 0 fully saturated rings. The van der Waals surface area contributed by atoms with E-state index in [1.807, 2.05) is 24.3 Å². The van der Waals surface area contributed by atoms with Gasteiger partial charge in [-0.15, -0.1) is 0 Å². The molecule has 0 aromatic heterocycles. The van der Waals surface area contributed by atoms with Crippen LogP contribution in [0.5, 0.6) is 0 Å². The first-order valence-corrected chi connectivity index (χ1v) is 7.92. The van der Waals surface area contributed by atoms with E-state index in [0.717, 1.165) is 24.5 Å². The van der Waals surface area contributed by atoms with E-state index in [1.54, 1.807) is 18.2 Å². The SMILES string of the molecule is CCN(CC)c1cccc(NC(=O)c2ccc(Cl)cc2Cl)c1. The smallest absolute Gasteiger partial charge is 0.257 e. The Labute approximate surface area is 140 Å². The third-order valence-electron chi connectivity index (χ3n) is 3.41. The highest BCUT2D eigenvalue weighted by Gasteiger charge is 2.11. The molecule has 116 valence electrons. The molecule has 2 aromatic rings. The van der Waals surface area contributed by atoms with Crippen molar-refractivity contribution in [2.24, 2.45) is 0 Å². The summed E-state index contributed by atoms with van der Waals surface area (Å²) >= 11 is 11.9. The summed E-state index contributed by atoms with van der Waals surface area (Å²) in [4.78, 5) is 14.5. The first kappa shape index (κ1) is 16.7. The van der Waals surface area contributed by atoms with Gasteiger partial charge in [0.25, 0.3) is 5.91 Å². The van der Waals surface area contributed by atoms with Gasteiger partial charge in [-0.1, -0.05) is 29.3 Å². The summed E-state index contributed by atoms with van der Waals surface area (Å²) in [5, 5.41) is 3.71. The van der Waals surface area contributed by atoms with Gasteiger partial charge in [-0.2, -0.15) is 0 Å². The number of hydrogen-bond donors (Lipinski definition) is 1. The van der Waals surface area contributed by atoms with Crippen LogP contribution in [-0.4, -0.2) is 19.0 Å². The molecule has 0 radical (unpaired) electrons. The molecule has 0 aliphatic heterocycles. The van der Waals surface area contributed by atoms with Gasteiger partial charge in [0.2, 0.25) is 0 Å². The largest absolute Gasteiger partial charge is 0.372 e. The van der Waals surface area contributed by atoms with Crippen LogP contribution in [0.15, 0.2) is 42.5 Å². The Hall–Kier alpha value is -1.71. The molecule has 1 N–H and O–H groups in total. The molecule has 0 spiro atoms. The van der Waals surface area contributed by atoms with Crippen LogP contribution in [0.4, 0.5) is 11.4 Å². The van der Waals surface area contributed by atoms with Gasteiger partial charge in [-0.3, -0.25) is 4.79 Å². The van der Waals surface area contributed by atoms with Crippen molar-refractivity contribution < 1.29 is 4.79 Å². The van der Waals surface area contributed by atoms with Crippen LogP contribution >= 0.6 is 23.2 Å². The van der Waals surface area contributed by atoms with E-state index in [-0.39, 0.29) is 5.91 Å². The standard InChI is InChI=1S/C17H18Cl2N2O/c1-3-21(4-2)14-7-5-6-13(11-14)20-17(22)15-9-8-12(18)10-16(15)19/h5-11H,3-4H2,1-2H3,(H,20,22). The lowest BCUT2D eigenvalue weighted by atomic mass is 10.2. The summed E-state index contributed by atoms with van der Waals surface area (Å²) in [6.45, 7) is 6.03. The number of rotatable bonds is 5. The summed E-state index contributed by atoms with van der Waals surface area (Å²) in [7, 11) is 0. The van der Waals surface area contributed by atoms with Crippen LogP contribution in [0.2, 0.25) is 10.0 Å². The molecule has 3 nitrogen and oxygen atoms in total. The molecule has 2 aromatic carbocycles. The Morgan fingerprint density at radius 3 is 2.45 bits per heavy atom. The maximum Gasteiger partial charge on any atom is 0.257 e. The second-order valence-electron chi connectivity index (χ2n) is 4.80. The maximum absolute atomic E-state index is 12.3. The van der Waals surface area contributed by atoms with E-state index in [2.05, 4.69) is 24.1 Å². The number of amides is 1. The van der Waals surface area contributed by atoms with Gasteiger partial charge in [0.1, 0.15) is 0 Å². The molecular weight excluding hydrogens is 319 g/mol. The Morgan fingerprint density at radius 1 is 1.09 bits per heavy atom. The van der Waals surface area contributed by atoms with Gasteiger partial charge in [0.15, 0.2) is 0 Å². The Kier molecular flexibility index (Phi) is 5.69. The minimum atomic E-state index is -0.252. The fraction of sp³-hybridized carbons (Fsp3) is 0.235. The molecule has 0 unspecified atom stereocenters. The van der Waals surface area contributed by atoms with Crippen molar-refractivity contribution in [1.82, 2.24) is 0 Å². The third kappa shape index (κ3) is 3.93. The van der Waals surface area contributed by atoms with Gasteiger partial charge in [-0.05, 0) is 50.2 Å². The fourth-order valence-corrected chi connectivity index (χ4v) is 2.74.